The van der Waals surface area contributed by atoms with Crippen LogP contribution < -0.4 is 5.32 Å². The van der Waals surface area contributed by atoms with Gasteiger partial charge in [-0.15, -0.1) is 12.4 Å². The second-order valence-electron chi connectivity index (χ2n) is 7.56. The van der Waals surface area contributed by atoms with E-state index in [0.29, 0.717) is 46.4 Å². The van der Waals surface area contributed by atoms with Gasteiger partial charge in [-0.25, -0.2) is 4.98 Å². The lowest BCUT2D eigenvalue weighted by Gasteiger charge is -2.37. The summed E-state index contributed by atoms with van der Waals surface area (Å²) in [6.45, 7) is 3.88. The van der Waals surface area contributed by atoms with Crippen LogP contribution in [0.3, 0.4) is 0 Å². The van der Waals surface area contributed by atoms with Crippen LogP contribution in [0.5, 0.6) is 0 Å². The maximum Gasteiger partial charge on any atom is 0.259 e. The third kappa shape index (κ3) is 3.61. The molecule has 0 spiro atoms. The number of amides is 1. The zero-order valence-electron chi connectivity index (χ0n) is 16.0. The van der Waals surface area contributed by atoms with Gasteiger partial charge in [0.15, 0.2) is 0 Å². The van der Waals surface area contributed by atoms with Crippen LogP contribution >= 0.6 is 24.0 Å². The number of fused-ring (bicyclic) bond motifs is 1. The predicted molar refractivity (Wildman–Crippen MR) is 114 cm³/mol. The van der Waals surface area contributed by atoms with Gasteiger partial charge in [0.25, 0.3) is 11.6 Å². The number of nitrogens with zero attached hydrogens (tertiary/aromatic N) is 3. The van der Waals surface area contributed by atoms with E-state index in [1.54, 1.807) is 0 Å². The van der Waals surface area contributed by atoms with Crippen molar-refractivity contribution in [2.75, 3.05) is 19.6 Å². The highest BCUT2D eigenvalue weighted by molar-refractivity contribution is 6.31. The summed E-state index contributed by atoms with van der Waals surface area (Å²) in [5.41, 5.74) is 3.66. The molecule has 1 aliphatic carbocycles. The van der Waals surface area contributed by atoms with Gasteiger partial charge in [0.05, 0.1) is 22.7 Å². The number of hydrogen-bond donors (Lipinski definition) is 1. The van der Waals surface area contributed by atoms with E-state index < -0.39 is 0 Å². The lowest BCUT2D eigenvalue weighted by Crippen LogP contribution is -2.48. The number of carbonyl (C=O) groups is 1. The average Bonchev–Trinajstić information content (AvgIpc) is 3.51. The molecule has 2 aromatic heterocycles. The Hall–Kier alpha value is -2.15. The number of hydrogen-bond acceptors (Lipinski definition) is 5. The van der Waals surface area contributed by atoms with Crippen molar-refractivity contribution in [3.05, 3.63) is 57.9 Å². The van der Waals surface area contributed by atoms with Crippen molar-refractivity contribution in [1.82, 2.24) is 20.4 Å². The molecule has 152 valence electrons. The molecule has 1 aromatic carbocycles. The van der Waals surface area contributed by atoms with Crippen LogP contribution in [0.15, 0.2) is 34.9 Å². The van der Waals surface area contributed by atoms with Crippen LogP contribution in [0.1, 0.15) is 52.1 Å². The molecule has 6 nitrogen and oxygen atoms in total. The standard InChI is InChI=1S/C21H21ClN4O2.ClH/c1-12-19-15(10-17(13-6-7-13)24-20(19)28-25-12)21(27)26-9-8-23-11-18(26)14-4-2-3-5-16(14)22;/h2-5,10,13,18,23H,6-9,11H2,1H3;1H. The van der Waals surface area contributed by atoms with E-state index in [0.717, 1.165) is 30.6 Å². The van der Waals surface area contributed by atoms with Crippen LogP contribution in [0.4, 0.5) is 0 Å². The minimum Gasteiger partial charge on any atom is -0.336 e. The maximum atomic E-state index is 13.7. The number of benzene rings is 1. The number of rotatable bonds is 3. The van der Waals surface area contributed by atoms with Crippen molar-refractivity contribution in [3.8, 4) is 0 Å². The Morgan fingerprint density at radius 1 is 1.31 bits per heavy atom. The second kappa shape index (κ2) is 7.94. The Labute approximate surface area is 180 Å². The van der Waals surface area contributed by atoms with Crippen LogP contribution in [0.2, 0.25) is 5.02 Å². The monoisotopic (exact) mass is 432 g/mol. The van der Waals surface area contributed by atoms with E-state index in [1.807, 2.05) is 42.2 Å². The largest absolute Gasteiger partial charge is 0.336 e. The molecule has 8 heteroatoms. The van der Waals surface area contributed by atoms with Crippen LogP contribution in [-0.4, -0.2) is 40.6 Å². The highest BCUT2D eigenvalue weighted by Gasteiger charge is 2.34. The van der Waals surface area contributed by atoms with Gasteiger partial charge in [-0.1, -0.05) is 35.0 Å². The SMILES string of the molecule is Cc1noc2nc(C3CC3)cc(C(=O)N3CCNCC3c3ccccc3Cl)c12.Cl. The zero-order valence-corrected chi connectivity index (χ0v) is 17.6. The lowest BCUT2D eigenvalue weighted by molar-refractivity contribution is 0.0636. The van der Waals surface area contributed by atoms with Crippen LogP contribution in [-0.2, 0) is 0 Å². The lowest BCUT2D eigenvalue weighted by atomic mass is 10.0. The minimum atomic E-state index is -0.122. The third-order valence-electron chi connectivity index (χ3n) is 5.63. The first-order chi connectivity index (χ1) is 13.6. The highest BCUT2D eigenvalue weighted by Crippen LogP contribution is 2.41. The molecule has 1 atom stereocenters. The van der Waals surface area contributed by atoms with E-state index in [4.69, 9.17) is 16.1 Å². The predicted octanol–water partition coefficient (Wildman–Crippen LogP) is 4.27. The Kier molecular flexibility index (Phi) is 5.51. The van der Waals surface area contributed by atoms with Gasteiger partial charge in [-0.3, -0.25) is 4.79 Å². The van der Waals surface area contributed by atoms with E-state index in [2.05, 4.69) is 15.5 Å². The molecule has 3 heterocycles. The molecular weight excluding hydrogens is 411 g/mol. The van der Waals surface area contributed by atoms with E-state index >= 15 is 0 Å². The number of carbonyl (C=O) groups excluding carboxylic acids is 1. The van der Waals surface area contributed by atoms with E-state index in [9.17, 15) is 4.79 Å². The van der Waals surface area contributed by atoms with Gasteiger partial charge in [0, 0.05) is 36.3 Å². The fourth-order valence-electron chi connectivity index (χ4n) is 4.00. The van der Waals surface area contributed by atoms with Crippen molar-refractivity contribution in [2.45, 2.75) is 31.7 Å². The quantitative estimate of drug-likeness (QED) is 0.668. The number of aryl methyl sites for hydroxylation is 1. The molecule has 2 fully saturated rings. The molecule has 1 saturated heterocycles. The molecule has 1 unspecified atom stereocenters. The first-order valence-corrected chi connectivity index (χ1v) is 10.0. The van der Waals surface area contributed by atoms with Crippen molar-refractivity contribution in [3.63, 3.8) is 0 Å². The summed E-state index contributed by atoms with van der Waals surface area (Å²) >= 11 is 6.45. The van der Waals surface area contributed by atoms with Crippen molar-refractivity contribution < 1.29 is 9.32 Å². The smallest absolute Gasteiger partial charge is 0.259 e. The van der Waals surface area contributed by atoms with Gasteiger partial charge >= 0.3 is 0 Å². The molecule has 3 aromatic rings. The summed E-state index contributed by atoms with van der Waals surface area (Å²) in [4.78, 5) is 20.2. The Balaban J connectivity index is 0.00000205. The molecule has 1 N–H and O–H groups in total. The van der Waals surface area contributed by atoms with Gasteiger partial charge in [-0.05, 0) is 37.5 Å². The van der Waals surface area contributed by atoms with Crippen molar-refractivity contribution >= 4 is 41.0 Å². The summed E-state index contributed by atoms with van der Waals surface area (Å²) in [5, 5.41) is 8.83. The molecule has 1 amide bonds. The number of aromatic nitrogens is 2. The molecule has 1 saturated carbocycles. The topological polar surface area (TPSA) is 71.3 Å². The summed E-state index contributed by atoms with van der Waals surface area (Å²) in [6, 6.07) is 9.54. The number of pyridine rings is 1. The number of piperazine rings is 1. The third-order valence-corrected chi connectivity index (χ3v) is 5.98. The van der Waals surface area contributed by atoms with Crippen molar-refractivity contribution in [2.24, 2.45) is 0 Å². The Morgan fingerprint density at radius 3 is 2.86 bits per heavy atom. The number of halogens is 2. The number of nitrogens with one attached hydrogen (secondary N) is 1. The summed E-state index contributed by atoms with van der Waals surface area (Å²) in [5.74, 6) is 0.399. The minimum absolute atomic E-state index is 0. The molecule has 1 aliphatic heterocycles. The Morgan fingerprint density at radius 2 is 2.10 bits per heavy atom. The van der Waals surface area contributed by atoms with Gasteiger partial charge in [0.2, 0.25) is 0 Å². The second-order valence-corrected chi connectivity index (χ2v) is 7.96. The van der Waals surface area contributed by atoms with E-state index in [1.165, 1.54) is 0 Å². The molecular formula is C21H22Cl2N4O2. The first-order valence-electron chi connectivity index (χ1n) is 9.66. The summed E-state index contributed by atoms with van der Waals surface area (Å²) in [7, 11) is 0. The van der Waals surface area contributed by atoms with Gasteiger partial charge in [0.1, 0.15) is 0 Å². The molecule has 0 radical (unpaired) electrons. The van der Waals surface area contributed by atoms with E-state index in [-0.39, 0.29) is 24.4 Å². The molecule has 5 rings (SSSR count). The summed E-state index contributed by atoms with van der Waals surface area (Å²) in [6.07, 6.45) is 2.21. The normalized spacial score (nSPS) is 19.2. The molecule has 0 bridgehead atoms. The molecule has 29 heavy (non-hydrogen) atoms. The van der Waals surface area contributed by atoms with Crippen LogP contribution in [0, 0.1) is 6.92 Å². The maximum absolute atomic E-state index is 13.7. The summed E-state index contributed by atoms with van der Waals surface area (Å²) < 4.78 is 5.41. The average molecular weight is 433 g/mol. The fraction of sp³-hybridized carbons (Fsp3) is 0.381. The first kappa shape index (κ1) is 20.1. The fourth-order valence-corrected chi connectivity index (χ4v) is 4.26. The highest BCUT2D eigenvalue weighted by atomic mass is 35.5. The van der Waals surface area contributed by atoms with Gasteiger partial charge < -0.3 is 14.7 Å². The zero-order chi connectivity index (χ0) is 19.3. The van der Waals surface area contributed by atoms with Gasteiger partial charge in [-0.2, -0.15) is 0 Å². The van der Waals surface area contributed by atoms with Crippen molar-refractivity contribution in [1.29, 1.82) is 0 Å². The Bertz CT molecular complexity index is 1060. The molecule has 2 aliphatic rings. The van der Waals surface area contributed by atoms with Crippen LogP contribution in [0.25, 0.3) is 11.1 Å².